The van der Waals surface area contributed by atoms with E-state index in [0.717, 1.165) is 37.0 Å². The smallest absolute Gasteiger partial charge is 0.341 e. The number of anilines is 2. The third-order valence-corrected chi connectivity index (χ3v) is 8.71. The summed E-state index contributed by atoms with van der Waals surface area (Å²) in [6, 6.07) is 16.6. The van der Waals surface area contributed by atoms with E-state index in [4.69, 9.17) is 16.3 Å². The molecule has 0 bridgehead atoms. The summed E-state index contributed by atoms with van der Waals surface area (Å²) < 4.78 is 23.4. The number of nitrogens with zero attached hydrogens (tertiary/aromatic N) is 4. The van der Waals surface area contributed by atoms with Gasteiger partial charge in [0.25, 0.3) is 0 Å². The summed E-state index contributed by atoms with van der Waals surface area (Å²) in [5.74, 6) is -1.81. The number of fused-ring (bicyclic) bond motifs is 1. The molecular weight excluding hydrogens is 571 g/mol. The number of carbonyl (C=O) groups is 1. The molecular formula is C33H34ClFN4O4. The summed E-state index contributed by atoms with van der Waals surface area (Å²) in [5, 5.41) is 10.5. The lowest BCUT2D eigenvalue weighted by molar-refractivity contribution is 0.0695. The molecule has 224 valence electrons. The Kier molecular flexibility index (Phi) is 8.27. The Morgan fingerprint density at radius 2 is 1.53 bits per heavy atom. The maximum absolute atomic E-state index is 15.9. The first-order valence-electron chi connectivity index (χ1n) is 14.6. The molecule has 1 aromatic heterocycles. The third kappa shape index (κ3) is 5.79. The molecule has 0 radical (unpaired) electrons. The van der Waals surface area contributed by atoms with E-state index in [1.807, 2.05) is 53.4 Å². The summed E-state index contributed by atoms with van der Waals surface area (Å²) in [7, 11) is 1.45. The van der Waals surface area contributed by atoms with E-state index in [2.05, 4.69) is 9.80 Å². The zero-order valence-corrected chi connectivity index (χ0v) is 24.8. The molecule has 0 unspecified atom stereocenters. The molecule has 6 rings (SSSR count). The second kappa shape index (κ2) is 12.3. The van der Waals surface area contributed by atoms with Crippen LogP contribution in [0.3, 0.4) is 0 Å². The lowest BCUT2D eigenvalue weighted by atomic mass is 10.1. The molecule has 2 aliphatic rings. The minimum Gasteiger partial charge on any atom is -0.492 e. The molecule has 1 N–H and O–H groups in total. The Morgan fingerprint density at radius 3 is 2.16 bits per heavy atom. The first-order valence-corrected chi connectivity index (χ1v) is 15.0. The van der Waals surface area contributed by atoms with Crippen LogP contribution in [0.2, 0.25) is 5.02 Å². The zero-order chi connectivity index (χ0) is 30.1. The van der Waals surface area contributed by atoms with E-state index in [1.54, 1.807) is 4.57 Å². The fourth-order valence-electron chi connectivity index (χ4n) is 6.24. The summed E-state index contributed by atoms with van der Waals surface area (Å²) in [6.07, 6.45) is 4.99. The van der Waals surface area contributed by atoms with Gasteiger partial charge >= 0.3 is 5.97 Å². The number of benzene rings is 3. The highest BCUT2D eigenvalue weighted by Crippen LogP contribution is 2.40. The van der Waals surface area contributed by atoms with Gasteiger partial charge in [0.15, 0.2) is 11.6 Å². The number of piperazine rings is 1. The van der Waals surface area contributed by atoms with Crippen LogP contribution in [-0.4, -0.2) is 66.9 Å². The van der Waals surface area contributed by atoms with Gasteiger partial charge in [0, 0.05) is 55.3 Å². The van der Waals surface area contributed by atoms with Crippen molar-refractivity contribution in [2.24, 2.45) is 0 Å². The highest BCUT2D eigenvalue weighted by atomic mass is 35.5. The van der Waals surface area contributed by atoms with Gasteiger partial charge in [0.05, 0.1) is 12.5 Å². The van der Waals surface area contributed by atoms with E-state index < -0.39 is 22.8 Å². The molecule has 2 saturated heterocycles. The van der Waals surface area contributed by atoms with Crippen molar-refractivity contribution in [3.05, 3.63) is 93.0 Å². The molecule has 2 aliphatic heterocycles. The van der Waals surface area contributed by atoms with Crippen molar-refractivity contribution in [1.82, 2.24) is 9.47 Å². The number of carboxylic acids is 1. The number of pyridine rings is 1. The molecule has 43 heavy (non-hydrogen) atoms. The number of halogens is 2. The third-order valence-electron chi connectivity index (χ3n) is 8.46. The molecule has 0 amide bonds. The zero-order valence-electron chi connectivity index (χ0n) is 24.1. The monoisotopic (exact) mass is 604 g/mol. The lowest BCUT2D eigenvalue weighted by Gasteiger charge is -2.38. The van der Waals surface area contributed by atoms with Gasteiger partial charge in [0.1, 0.15) is 16.8 Å². The SMILES string of the molecule is COc1c(N2CCN(c3ccc(Cl)cc3)CC2)c(F)cc2c(=O)c(C(=O)O)cn(-c3ccc(CN4CCCCC4)cc3)c12. The number of methoxy groups -OCH3 is 1. The van der Waals surface area contributed by atoms with Gasteiger partial charge in [-0.25, -0.2) is 9.18 Å². The van der Waals surface area contributed by atoms with Crippen LogP contribution in [0.25, 0.3) is 16.6 Å². The number of ether oxygens (including phenoxy) is 1. The van der Waals surface area contributed by atoms with Crippen LogP contribution in [0.5, 0.6) is 5.75 Å². The fraction of sp³-hybridized carbons (Fsp3) is 0.333. The first-order chi connectivity index (χ1) is 20.8. The fourth-order valence-corrected chi connectivity index (χ4v) is 6.36. The largest absolute Gasteiger partial charge is 0.492 e. The van der Waals surface area contributed by atoms with Gasteiger partial charge in [-0.3, -0.25) is 9.69 Å². The predicted octanol–water partition coefficient (Wildman–Crippen LogP) is 5.80. The Balaban J connectivity index is 1.40. The average molecular weight is 605 g/mol. The highest BCUT2D eigenvalue weighted by molar-refractivity contribution is 6.30. The van der Waals surface area contributed by atoms with Crippen molar-refractivity contribution in [2.45, 2.75) is 25.8 Å². The second-order valence-electron chi connectivity index (χ2n) is 11.1. The van der Waals surface area contributed by atoms with Gasteiger partial charge in [-0.1, -0.05) is 30.2 Å². The van der Waals surface area contributed by atoms with Crippen LogP contribution in [-0.2, 0) is 6.54 Å². The van der Waals surface area contributed by atoms with Gasteiger partial charge in [-0.05, 0) is 74.0 Å². The lowest BCUT2D eigenvalue weighted by Crippen LogP contribution is -2.47. The number of aromatic carboxylic acids is 1. The highest BCUT2D eigenvalue weighted by Gasteiger charge is 2.28. The van der Waals surface area contributed by atoms with Crippen molar-refractivity contribution in [2.75, 3.05) is 56.2 Å². The van der Waals surface area contributed by atoms with Crippen LogP contribution in [0.4, 0.5) is 15.8 Å². The quantitative estimate of drug-likeness (QED) is 0.286. The molecule has 0 aliphatic carbocycles. The number of hydrogen-bond acceptors (Lipinski definition) is 6. The Labute approximate surface area is 254 Å². The number of piperidine rings is 1. The molecule has 8 nitrogen and oxygen atoms in total. The van der Waals surface area contributed by atoms with Gasteiger partial charge in [-0.2, -0.15) is 0 Å². The van der Waals surface area contributed by atoms with E-state index in [0.29, 0.717) is 42.4 Å². The summed E-state index contributed by atoms with van der Waals surface area (Å²) in [5.41, 5.74) is 2.23. The normalized spacial score (nSPS) is 16.1. The maximum atomic E-state index is 15.9. The van der Waals surface area contributed by atoms with E-state index in [-0.39, 0.29) is 16.8 Å². The van der Waals surface area contributed by atoms with E-state index in [9.17, 15) is 14.7 Å². The average Bonchev–Trinajstić information content (AvgIpc) is 3.02. The Bertz CT molecular complexity index is 1690. The molecule has 2 fully saturated rings. The molecule has 0 atom stereocenters. The van der Waals surface area contributed by atoms with Gasteiger partial charge < -0.3 is 24.2 Å². The van der Waals surface area contributed by atoms with Gasteiger partial charge in [-0.15, -0.1) is 0 Å². The molecule has 3 heterocycles. The van der Waals surface area contributed by atoms with E-state index in [1.165, 1.54) is 32.6 Å². The topological polar surface area (TPSA) is 78.2 Å². The van der Waals surface area contributed by atoms with Gasteiger partial charge in [0.2, 0.25) is 5.43 Å². The summed E-state index contributed by atoms with van der Waals surface area (Å²) in [4.78, 5) is 31.9. The number of aromatic nitrogens is 1. The van der Waals surface area contributed by atoms with Crippen molar-refractivity contribution >= 4 is 39.8 Å². The van der Waals surface area contributed by atoms with Crippen molar-refractivity contribution in [3.8, 4) is 11.4 Å². The molecule has 4 aromatic rings. The molecule has 0 spiro atoms. The van der Waals surface area contributed by atoms with Crippen LogP contribution < -0.4 is 20.0 Å². The van der Waals surface area contributed by atoms with Crippen LogP contribution in [0.15, 0.2) is 65.6 Å². The number of likely N-dealkylation sites (tertiary alicyclic amines) is 1. The second-order valence-corrected chi connectivity index (χ2v) is 11.6. The summed E-state index contributed by atoms with van der Waals surface area (Å²) in [6.45, 7) is 5.32. The number of carboxylic acid groups (broad SMARTS) is 1. The molecule has 10 heteroatoms. The minimum absolute atomic E-state index is 0.0461. The predicted molar refractivity (Wildman–Crippen MR) is 168 cm³/mol. The number of hydrogen-bond donors (Lipinski definition) is 1. The van der Waals surface area contributed by atoms with Crippen molar-refractivity contribution < 1.29 is 19.0 Å². The van der Waals surface area contributed by atoms with Crippen LogP contribution >= 0.6 is 11.6 Å². The van der Waals surface area contributed by atoms with Crippen LogP contribution in [0.1, 0.15) is 35.2 Å². The Hall–Kier alpha value is -4.08. The van der Waals surface area contributed by atoms with Crippen molar-refractivity contribution in [1.29, 1.82) is 0 Å². The molecule has 3 aromatic carbocycles. The Morgan fingerprint density at radius 1 is 0.907 bits per heavy atom. The van der Waals surface area contributed by atoms with E-state index >= 15 is 4.39 Å². The van der Waals surface area contributed by atoms with Crippen molar-refractivity contribution in [3.63, 3.8) is 0 Å². The van der Waals surface area contributed by atoms with Crippen LogP contribution in [0, 0.1) is 5.82 Å². The standard InChI is InChI=1S/C33H34ClFN4O4/c1-43-32-29-26(19-28(35)30(32)38-17-15-37(16-18-38)24-11-7-23(34)8-12-24)31(40)27(33(41)42)21-39(29)25-9-5-22(6-10-25)20-36-13-3-2-4-14-36/h5-12,19,21H,2-4,13-18,20H2,1H3,(H,41,42). The number of rotatable bonds is 7. The minimum atomic E-state index is -1.37. The molecule has 0 saturated carbocycles. The summed E-state index contributed by atoms with van der Waals surface area (Å²) >= 11 is 6.05. The maximum Gasteiger partial charge on any atom is 0.341 e. The first kappa shape index (κ1) is 29.0.